The summed E-state index contributed by atoms with van der Waals surface area (Å²) in [6, 6.07) is 2.67. The molecule has 1 aromatic rings. The first-order chi connectivity index (χ1) is 9.57. The number of rotatable bonds is 5. The fraction of sp³-hybridized carbons (Fsp3) is 0.500. The highest BCUT2D eigenvalue weighted by Gasteiger charge is 2.21. The molecular formula is C14H19Cl2NO3S. The van der Waals surface area contributed by atoms with Gasteiger partial charge in [0, 0.05) is 27.3 Å². The molecule has 7 heteroatoms. The van der Waals surface area contributed by atoms with Crippen LogP contribution in [0.25, 0.3) is 0 Å². The second-order valence-corrected chi connectivity index (χ2v) is 8.11. The highest BCUT2D eigenvalue weighted by Crippen LogP contribution is 2.27. The van der Waals surface area contributed by atoms with Crippen LogP contribution >= 0.6 is 22.3 Å². The minimum Gasteiger partial charge on any atom is -0.349 e. The monoisotopic (exact) mass is 351 g/mol. The van der Waals surface area contributed by atoms with Crippen molar-refractivity contribution in [1.29, 1.82) is 0 Å². The van der Waals surface area contributed by atoms with Crippen LogP contribution in [0, 0.1) is 12.8 Å². The molecule has 1 rings (SSSR count). The van der Waals surface area contributed by atoms with Crippen LogP contribution in [0.15, 0.2) is 17.0 Å². The van der Waals surface area contributed by atoms with Crippen LogP contribution in [0.2, 0.25) is 5.02 Å². The van der Waals surface area contributed by atoms with Crippen LogP contribution < -0.4 is 5.32 Å². The molecule has 4 nitrogen and oxygen atoms in total. The van der Waals surface area contributed by atoms with Gasteiger partial charge in [0.25, 0.3) is 15.0 Å². The summed E-state index contributed by atoms with van der Waals surface area (Å²) in [5.41, 5.74) is 0.512. The van der Waals surface area contributed by atoms with Gasteiger partial charge in [0.05, 0.1) is 4.90 Å². The van der Waals surface area contributed by atoms with Gasteiger partial charge in [0.15, 0.2) is 0 Å². The van der Waals surface area contributed by atoms with Gasteiger partial charge in [-0.3, -0.25) is 4.79 Å². The van der Waals surface area contributed by atoms with Gasteiger partial charge >= 0.3 is 0 Å². The molecule has 0 aromatic heterocycles. The van der Waals surface area contributed by atoms with Crippen molar-refractivity contribution in [2.75, 3.05) is 0 Å². The lowest BCUT2D eigenvalue weighted by Crippen LogP contribution is -2.37. The molecule has 2 unspecified atom stereocenters. The van der Waals surface area contributed by atoms with E-state index in [0.717, 1.165) is 6.42 Å². The smallest absolute Gasteiger partial charge is 0.261 e. The van der Waals surface area contributed by atoms with Gasteiger partial charge in [-0.2, -0.15) is 0 Å². The third-order valence-electron chi connectivity index (χ3n) is 3.68. The summed E-state index contributed by atoms with van der Waals surface area (Å²) in [6.07, 6.45) is 0.928. The van der Waals surface area contributed by atoms with E-state index in [1.165, 1.54) is 12.1 Å². The van der Waals surface area contributed by atoms with Gasteiger partial charge in [-0.25, -0.2) is 8.42 Å². The van der Waals surface area contributed by atoms with E-state index in [1.54, 1.807) is 6.92 Å². The molecule has 1 amide bonds. The van der Waals surface area contributed by atoms with Crippen molar-refractivity contribution < 1.29 is 13.2 Å². The van der Waals surface area contributed by atoms with Crippen LogP contribution in [0.5, 0.6) is 0 Å². The predicted octanol–water partition coefficient (Wildman–Crippen LogP) is 3.74. The van der Waals surface area contributed by atoms with E-state index in [1.807, 2.05) is 20.8 Å². The molecule has 1 N–H and O–H groups in total. The van der Waals surface area contributed by atoms with Crippen molar-refractivity contribution in [2.45, 2.75) is 45.1 Å². The Balaban J connectivity index is 3.15. The zero-order valence-electron chi connectivity index (χ0n) is 12.4. The quantitative estimate of drug-likeness (QED) is 0.821. The Morgan fingerprint density at radius 3 is 2.38 bits per heavy atom. The van der Waals surface area contributed by atoms with Gasteiger partial charge in [0.1, 0.15) is 0 Å². The number of amides is 1. The molecule has 1 aromatic carbocycles. The van der Waals surface area contributed by atoms with E-state index in [2.05, 4.69) is 5.32 Å². The molecule has 0 spiro atoms. The Kier molecular flexibility index (Phi) is 6.08. The number of benzene rings is 1. The third-order valence-corrected chi connectivity index (χ3v) is 5.52. The molecule has 2 atom stereocenters. The molecule has 0 saturated heterocycles. The molecule has 21 heavy (non-hydrogen) atoms. The maximum atomic E-state index is 12.2. The molecule has 0 heterocycles. The SMILES string of the molecule is CCC(C)C(C)NC(=O)c1cc(Cl)c(C)c(S(=O)(=O)Cl)c1. The summed E-state index contributed by atoms with van der Waals surface area (Å²) in [5.74, 6) is -0.0580. The standard InChI is InChI=1S/C14H19Cl2NO3S/c1-5-8(2)10(4)17-14(18)11-6-12(15)9(3)13(7-11)21(16,19)20/h6-8,10H,5H2,1-4H3,(H,17,18). The first-order valence-electron chi connectivity index (χ1n) is 6.63. The highest BCUT2D eigenvalue weighted by atomic mass is 35.7. The average molecular weight is 352 g/mol. The maximum absolute atomic E-state index is 12.2. The Bertz CT molecular complexity index is 644. The van der Waals surface area contributed by atoms with Gasteiger partial charge in [-0.1, -0.05) is 31.9 Å². The van der Waals surface area contributed by atoms with E-state index in [4.69, 9.17) is 22.3 Å². The van der Waals surface area contributed by atoms with Gasteiger partial charge < -0.3 is 5.32 Å². The van der Waals surface area contributed by atoms with E-state index < -0.39 is 9.05 Å². The molecular weight excluding hydrogens is 333 g/mol. The zero-order chi connectivity index (χ0) is 16.4. The summed E-state index contributed by atoms with van der Waals surface area (Å²) >= 11 is 5.99. The molecule has 0 fully saturated rings. The van der Waals surface area contributed by atoms with Gasteiger partial charge in [0.2, 0.25) is 0 Å². The number of halogens is 2. The fourth-order valence-corrected chi connectivity index (χ4v) is 3.32. The van der Waals surface area contributed by atoms with Crippen molar-refractivity contribution in [3.8, 4) is 0 Å². The second-order valence-electron chi connectivity index (χ2n) is 5.17. The highest BCUT2D eigenvalue weighted by molar-refractivity contribution is 8.13. The minimum atomic E-state index is -3.95. The molecule has 0 radical (unpaired) electrons. The average Bonchev–Trinajstić information content (AvgIpc) is 2.38. The lowest BCUT2D eigenvalue weighted by Gasteiger charge is -2.20. The molecule has 0 aliphatic rings. The summed E-state index contributed by atoms with van der Waals surface area (Å²) < 4.78 is 23.1. The van der Waals surface area contributed by atoms with Crippen molar-refractivity contribution >= 4 is 37.2 Å². The molecule has 0 aliphatic heterocycles. The van der Waals surface area contributed by atoms with Crippen molar-refractivity contribution in [3.63, 3.8) is 0 Å². The Morgan fingerprint density at radius 2 is 1.90 bits per heavy atom. The minimum absolute atomic E-state index is 0.0290. The van der Waals surface area contributed by atoms with Crippen LogP contribution in [-0.2, 0) is 9.05 Å². The predicted molar refractivity (Wildman–Crippen MR) is 85.6 cm³/mol. The van der Waals surface area contributed by atoms with Crippen LogP contribution in [0.4, 0.5) is 0 Å². The Labute approximate surface area is 135 Å². The van der Waals surface area contributed by atoms with Crippen molar-refractivity contribution in [2.24, 2.45) is 5.92 Å². The van der Waals surface area contributed by atoms with Crippen molar-refractivity contribution in [1.82, 2.24) is 5.32 Å². The van der Waals surface area contributed by atoms with E-state index in [-0.39, 0.29) is 27.4 Å². The van der Waals surface area contributed by atoms with Crippen LogP contribution in [-0.4, -0.2) is 20.4 Å². The zero-order valence-corrected chi connectivity index (χ0v) is 14.7. The van der Waals surface area contributed by atoms with E-state index in [9.17, 15) is 13.2 Å². The number of hydrogen-bond donors (Lipinski definition) is 1. The lowest BCUT2D eigenvalue weighted by atomic mass is 10.0. The maximum Gasteiger partial charge on any atom is 0.261 e. The van der Waals surface area contributed by atoms with Crippen LogP contribution in [0.3, 0.4) is 0 Å². The Hall–Kier alpha value is -0.780. The van der Waals surface area contributed by atoms with E-state index in [0.29, 0.717) is 11.5 Å². The first-order valence-corrected chi connectivity index (χ1v) is 9.32. The molecule has 0 aliphatic carbocycles. The topological polar surface area (TPSA) is 63.2 Å². The molecule has 0 saturated carbocycles. The number of hydrogen-bond acceptors (Lipinski definition) is 3. The van der Waals surface area contributed by atoms with Crippen molar-refractivity contribution in [3.05, 3.63) is 28.3 Å². The largest absolute Gasteiger partial charge is 0.349 e. The summed E-state index contributed by atoms with van der Waals surface area (Å²) in [7, 11) is 1.42. The van der Waals surface area contributed by atoms with Gasteiger partial charge in [-0.05, 0) is 37.5 Å². The fourth-order valence-electron chi connectivity index (χ4n) is 1.82. The third kappa shape index (κ3) is 4.59. The van der Waals surface area contributed by atoms with Gasteiger partial charge in [-0.15, -0.1) is 0 Å². The number of carbonyl (C=O) groups excluding carboxylic acids is 1. The first kappa shape index (κ1) is 18.3. The number of nitrogens with one attached hydrogen (secondary N) is 1. The molecule has 0 bridgehead atoms. The Morgan fingerprint density at radius 1 is 1.33 bits per heavy atom. The number of carbonyl (C=O) groups is 1. The normalized spacial score (nSPS) is 14.6. The summed E-state index contributed by atoms with van der Waals surface area (Å²) in [5, 5.41) is 3.03. The second kappa shape index (κ2) is 6.99. The summed E-state index contributed by atoms with van der Waals surface area (Å²) in [6.45, 7) is 7.51. The summed E-state index contributed by atoms with van der Waals surface area (Å²) in [4.78, 5) is 12.1. The molecule has 118 valence electrons. The van der Waals surface area contributed by atoms with Crippen LogP contribution in [0.1, 0.15) is 43.1 Å². The lowest BCUT2D eigenvalue weighted by molar-refractivity contribution is 0.0928. The van der Waals surface area contributed by atoms with E-state index >= 15 is 0 Å².